The highest BCUT2D eigenvalue weighted by Gasteiger charge is 2.13. The number of nitrogens with one attached hydrogen (secondary N) is 1. The van der Waals surface area contributed by atoms with Crippen molar-refractivity contribution in [3.8, 4) is 23.1 Å². The zero-order valence-electron chi connectivity index (χ0n) is 13.1. The van der Waals surface area contributed by atoms with Gasteiger partial charge in [0.25, 0.3) is 0 Å². The van der Waals surface area contributed by atoms with Crippen LogP contribution in [-0.4, -0.2) is 34.5 Å². The van der Waals surface area contributed by atoms with Gasteiger partial charge in [0.1, 0.15) is 17.5 Å². The number of rotatable bonds is 3. The number of aromatic hydroxyl groups is 1. The summed E-state index contributed by atoms with van der Waals surface area (Å²) in [5.74, 6) is 0.247. The summed E-state index contributed by atoms with van der Waals surface area (Å²) in [6.07, 6.45) is 6.90. The number of aryl methyl sites for hydroxylation is 1. The first kappa shape index (κ1) is 14.6. The van der Waals surface area contributed by atoms with E-state index in [1.165, 1.54) is 12.1 Å². The number of fused-ring (bicyclic) bond motifs is 1. The van der Waals surface area contributed by atoms with E-state index in [1.54, 1.807) is 33.9 Å². The van der Waals surface area contributed by atoms with Crippen LogP contribution in [0.5, 0.6) is 5.75 Å². The zero-order valence-corrected chi connectivity index (χ0v) is 13.1. The molecule has 122 valence electrons. The predicted molar refractivity (Wildman–Crippen MR) is 89.1 cm³/mol. The Kier molecular flexibility index (Phi) is 3.29. The summed E-state index contributed by atoms with van der Waals surface area (Å²) in [6.45, 7) is 0. The quantitative estimate of drug-likeness (QED) is 0.588. The van der Waals surface area contributed by atoms with E-state index in [4.69, 9.17) is 5.26 Å². The fraction of sp³-hybridized carbons (Fsp3) is 0.0625. The van der Waals surface area contributed by atoms with E-state index in [0.717, 1.165) is 5.56 Å². The topological polar surface area (TPSA) is 117 Å². The van der Waals surface area contributed by atoms with E-state index in [9.17, 15) is 5.11 Å². The third-order valence-electron chi connectivity index (χ3n) is 3.61. The van der Waals surface area contributed by atoms with Crippen molar-refractivity contribution in [1.29, 1.82) is 5.26 Å². The normalized spacial score (nSPS) is 10.7. The molecule has 0 saturated heterocycles. The van der Waals surface area contributed by atoms with E-state index in [0.29, 0.717) is 23.0 Å². The summed E-state index contributed by atoms with van der Waals surface area (Å²) in [6, 6.07) is 6.55. The van der Waals surface area contributed by atoms with Gasteiger partial charge in [-0.2, -0.15) is 15.3 Å². The Morgan fingerprint density at radius 3 is 2.92 bits per heavy atom. The van der Waals surface area contributed by atoms with Crippen LogP contribution in [0.2, 0.25) is 0 Å². The third kappa shape index (κ3) is 2.61. The number of phenols is 1. The zero-order chi connectivity index (χ0) is 17.4. The molecule has 0 radical (unpaired) electrons. The van der Waals surface area contributed by atoms with Crippen molar-refractivity contribution in [1.82, 2.24) is 29.4 Å². The van der Waals surface area contributed by atoms with Crippen molar-refractivity contribution in [2.75, 3.05) is 5.32 Å². The second kappa shape index (κ2) is 5.61. The minimum atomic E-state index is -0.103. The third-order valence-corrected chi connectivity index (χ3v) is 3.61. The number of phenolic OH excluding ortho intramolecular Hbond substituents is 1. The minimum absolute atomic E-state index is 0.103. The molecule has 4 rings (SSSR count). The summed E-state index contributed by atoms with van der Waals surface area (Å²) in [5.41, 5.74) is 2.86. The molecule has 1 aromatic carbocycles. The van der Waals surface area contributed by atoms with Crippen LogP contribution in [0.4, 0.5) is 11.6 Å². The maximum Gasteiger partial charge on any atom is 0.247 e. The Morgan fingerprint density at radius 1 is 1.32 bits per heavy atom. The minimum Gasteiger partial charge on any atom is -0.506 e. The molecule has 3 aromatic heterocycles. The number of nitrogens with zero attached hydrogens (tertiary/aromatic N) is 7. The molecule has 4 aromatic rings. The summed E-state index contributed by atoms with van der Waals surface area (Å²) in [5, 5.41) is 30.2. The van der Waals surface area contributed by atoms with Crippen molar-refractivity contribution < 1.29 is 5.11 Å². The number of hydrogen-bond donors (Lipinski definition) is 2. The van der Waals surface area contributed by atoms with Crippen LogP contribution in [0.25, 0.3) is 16.9 Å². The number of benzene rings is 1. The molecule has 0 aliphatic carbocycles. The largest absolute Gasteiger partial charge is 0.506 e. The molecule has 25 heavy (non-hydrogen) atoms. The average molecular weight is 332 g/mol. The van der Waals surface area contributed by atoms with Gasteiger partial charge in [-0.3, -0.25) is 9.67 Å². The molecule has 0 spiro atoms. The van der Waals surface area contributed by atoms with Gasteiger partial charge >= 0.3 is 0 Å². The molecular formula is C16H12N8O. The fourth-order valence-corrected chi connectivity index (χ4v) is 2.45. The number of hydrogen-bond acceptors (Lipinski definition) is 7. The SMILES string of the molecule is Cn1cc(-c2nccn3nc(Nc4ccc(C#N)c(O)c4)nc23)cn1. The Morgan fingerprint density at radius 2 is 2.20 bits per heavy atom. The van der Waals surface area contributed by atoms with Crippen molar-refractivity contribution in [3.05, 3.63) is 48.5 Å². The van der Waals surface area contributed by atoms with Crippen LogP contribution in [0.15, 0.2) is 43.0 Å². The monoisotopic (exact) mass is 332 g/mol. The Bertz CT molecular complexity index is 1120. The first-order chi connectivity index (χ1) is 12.1. The highest BCUT2D eigenvalue weighted by atomic mass is 16.3. The predicted octanol–water partition coefficient (Wildman–Crippen LogP) is 1.85. The molecule has 3 heterocycles. The first-order valence-corrected chi connectivity index (χ1v) is 7.34. The van der Waals surface area contributed by atoms with E-state index in [2.05, 4.69) is 25.5 Å². The van der Waals surface area contributed by atoms with Gasteiger partial charge in [0.05, 0.1) is 11.8 Å². The van der Waals surface area contributed by atoms with Crippen LogP contribution < -0.4 is 5.32 Å². The van der Waals surface area contributed by atoms with E-state index >= 15 is 0 Å². The number of nitriles is 1. The van der Waals surface area contributed by atoms with Gasteiger partial charge in [-0.1, -0.05) is 0 Å². The van der Waals surface area contributed by atoms with Gasteiger partial charge in [-0.25, -0.2) is 4.52 Å². The molecule has 0 unspecified atom stereocenters. The highest BCUT2D eigenvalue weighted by molar-refractivity contribution is 5.73. The molecule has 0 saturated carbocycles. The molecule has 0 atom stereocenters. The average Bonchev–Trinajstić information content (AvgIpc) is 3.20. The molecular weight excluding hydrogens is 320 g/mol. The van der Waals surface area contributed by atoms with Crippen LogP contribution in [-0.2, 0) is 7.05 Å². The maximum atomic E-state index is 9.78. The van der Waals surface area contributed by atoms with Crippen molar-refractivity contribution >= 4 is 17.3 Å². The summed E-state index contributed by atoms with van der Waals surface area (Å²) in [7, 11) is 1.83. The Balaban J connectivity index is 1.72. The second-order valence-electron chi connectivity index (χ2n) is 5.35. The number of aromatic nitrogens is 6. The lowest BCUT2D eigenvalue weighted by atomic mass is 10.2. The van der Waals surface area contributed by atoms with E-state index in [1.807, 2.05) is 19.3 Å². The maximum absolute atomic E-state index is 9.78. The second-order valence-corrected chi connectivity index (χ2v) is 5.35. The van der Waals surface area contributed by atoms with Gasteiger partial charge in [-0.15, -0.1) is 5.10 Å². The standard InChI is InChI=1S/C16H12N8O/c1-23-9-11(8-19-23)14-15-21-16(22-24(15)5-4-18-14)20-12-3-2-10(7-17)13(25)6-12/h2-6,8-9,25H,1H3,(H,20,22). The first-order valence-electron chi connectivity index (χ1n) is 7.34. The van der Waals surface area contributed by atoms with E-state index < -0.39 is 0 Å². The smallest absolute Gasteiger partial charge is 0.247 e. The van der Waals surface area contributed by atoms with Crippen LogP contribution >= 0.6 is 0 Å². The van der Waals surface area contributed by atoms with Crippen molar-refractivity contribution in [3.63, 3.8) is 0 Å². The summed E-state index contributed by atoms with van der Waals surface area (Å²) < 4.78 is 3.30. The lowest BCUT2D eigenvalue weighted by molar-refractivity contribution is 0.474. The van der Waals surface area contributed by atoms with Crippen LogP contribution in [0, 0.1) is 11.3 Å². The molecule has 9 nitrogen and oxygen atoms in total. The summed E-state index contributed by atoms with van der Waals surface area (Å²) >= 11 is 0. The molecule has 0 amide bonds. The van der Waals surface area contributed by atoms with Gasteiger partial charge in [0, 0.05) is 43.0 Å². The lowest BCUT2D eigenvalue weighted by Crippen LogP contribution is -1.93. The van der Waals surface area contributed by atoms with Gasteiger partial charge in [0.2, 0.25) is 5.95 Å². The van der Waals surface area contributed by atoms with Crippen molar-refractivity contribution in [2.24, 2.45) is 7.05 Å². The highest BCUT2D eigenvalue weighted by Crippen LogP contribution is 2.25. The molecule has 0 aliphatic heterocycles. The molecule has 0 bridgehead atoms. The molecule has 0 aliphatic rings. The Hall–Kier alpha value is -3.93. The number of anilines is 2. The Labute approximate surface area is 141 Å². The molecule has 0 fully saturated rings. The van der Waals surface area contributed by atoms with Crippen LogP contribution in [0.3, 0.4) is 0 Å². The van der Waals surface area contributed by atoms with Crippen LogP contribution in [0.1, 0.15) is 5.56 Å². The summed E-state index contributed by atoms with van der Waals surface area (Å²) in [4.78, 5) is 8.83. The van der Waals surface area contributed by atoms with Gasteiger partial charge in [0.15, 0.2) is 5.65 Å². The van der Waals surface area contributed by atoms with Gasteiger partial charge < -0.3 is 10.4 Å². The fourth-order valence-electron chi connectivity index (χ4n) is 2.45. The van der Waals surface area contributed by atoms with Gasteiger partial charge in [-0.05, 0) is 12.1 Å². The molecule has 2 N–H and O–H groups in total. The lowest BCUT2D eigenvalue weighted by Gasteiger charge is -2.02. The van der Waals surface area contributed by atoms with Crippen molar-refractivity contribution in [2.45, 2.75) is 0 Å². The van der Waals surface area contributed by atoms with E-state index in [-0.39, 0.29) is 11.3 Å². The molecule has 9 heteroatoms.